The molecule has 2 aromatic carbocycles. The van der Waals surface area contributed by atoms with Gasteiger partial charge in [0, 0.05) is 0 Å². The predicted octanol–water partition coefficient (Wildman–Crippen LogP) is 4.94. The van der Waals surface area contributed by atoms with E-state index < -0.39 is 34.7 Å². The van der Waals surface area contributed by atoms with Gasteiger partial charge in [0.05, 0.1) is 17.9 Å². The molecule has 5 aromatic rings. The first-order valence-electron chi connectivity index (χ1n) is 11.3. The first-order chi connectivity index (χ1) is 17.5. The number of H-pyrrole nitrogens is 1. The minimum atomic E-state index is -0.928. The van der Waals surface area contributed by atoms with Gasteiger partial charge >= 0.3 is 0 Å². The Morgan fingerprint density at radius 1 is 1.00 bits per heavy atom. The number of benzene rings is 2. The van der Waals surface area contributed by atoms with Crippen molar-refractivity contribution in [2.45, 2.75) is 33.2 Å². The number of rotatable bonds is 6. The highest BCUT2D eigenvalue weighted by molar-refractivity contribution is 5.82. The smallest absolute Gasteiger partial charge is 0.283 e. The molecule has 0 saturated heterocycles. The fraction of sp³-hybridized carbons (Fsp3) is 0.208. The van der Waals surface area contributed by atoms with E-state index in [0.717, 1.165) is 22.9 Å². The third kappa shape index (κ3) is 4.44. The number of aromatic nitrogens is 6. The van der Waals surface area contributed by atoms with Gasteiger partial charge in [-0.3, -0.25) is 10.2 Å². The number of aromatic amines is 1. The van der Waals surface area contributed by atoms with Gasteiger partial charge in [-0.2, -0.15) is 0 Å². The molecule has 9 nitrogen and oxygen atoms in total. The summed E-state index contributed by atoms with van der Waals surface area (Å²) in [6.07, 6.45) is 3.16. The molecule has 5 rings (SSSR count). The lowest BCUT2D eigenvalue weighted by atomic mass is 10.1. The van der Waals surface area contributed by atoms with E-state index in [1.165, 1.54) is 30.9 Å². The number of hydrogen-bond acceptors (Lipinski definition) is 7. The maximum Gasteiger partial charge on any atom is 0.283 e. The Bertz CT molecular complexity index is 1560. The first kappa shape index (κ1) is 24.6. The number of imidazole rings is 1. The van der Waals surface area contributed by atoms with Crippen molar-refractivity contribution in [2.75, 3.05) is 10.7 Å². The highest BCUT2D eigenvalue weighted by atomic mass is 19.1. The second kappa shape index (κ2) is 10.4. The number of nitrogens with zero attached hydrogens (tertiary/aromatic N) is 5. The van der Waals surface area contributed by atoms with Crippen LogP contribution in [0.3, 0.4) is 0 Å². The molecule has 3 aromatic heterocycles. The van der Waals surface area contributed by atoms with Crippen molar-refractivity contribution in [1.29, 1.82) is 0 Å². The summed E-state index contributed by atoms with van der Waals surface area (Å²) in [5.41, 5.74) is 2.08. The largest absolute Gasteiger partial charge is 0.358 e. The number of anilines is 2. The summed E-state index contributed by atoms with van der Waals surface area (Å²) in [5, 5.41) is 2.85. The quantitative estimate of drug-likeness (QED) is 0.305. The zero-order valence-corrected chi connectivity index (χ0v) is 19.7. The molecule has 3 N–H and O–H groups in total. The van der Waals surface area contributed by atoms with Crippen molar-refractivity contribution in [1.82, 2.24) is 29.6 Å². The van der Waals surface area contributed by atoms with Crippen molar-refractivity contribution in [3.8, 4) is 0 Å². The van der Waals surface area contributed by atoms with Crippen LogP contribution in [0.2, 0.25) is 0 Å². The predicted molar refractivity (Wildman–Crippen MR) is 131 cm³/mol. The molecular weight excluding hydrogens is 473 g/mol. The Balaban J connectivity index is 0.00000148. The summed E-state index contributed by atoms with van der Waals surface area (Å²) in [5.74, 6) is -2.21. The van der Waals surface area contributed by atoms with Gasteiger partial charge in [0.15, 0.2) is 28.9 Å². The van der Waals surface area contributed by atoms with Crippen molar-refractivity contribution in [3.63, 3.8) is 0 Å². The monoisotopic (exact) mass is 496 g/mol. The molecule has 186 valence electrons. The van der Waals surface area contributed by atoms with Crippen LogP contribution in [0.15, 0.2) is 53.8 Å². The molecule has 0 aliphatic carbocycles. The summed E-state index contributed by atoms with van der Waals surface area (Å²) in [4.78, 5) is 33.1. The summed E-state index contributed by atoms with van der Waals surface area (Å²) < 4.78 is 44.2. The van der Waals surface area contributed by atoms with Crippen LogP contribution in [0.1, 0.15) is 39.1 Å². The van der Waals surface area contributed by atoms with Crippen LogP contribution < -0.4 is 16.3 Å². The Hall–Kier alpha value is -4.48. The molecule has 36 heavy (non-hydrogen) atoms. The van der Waals surface area contributed by atoms with E-state index in [1.54, 1.807) is 0 Å². The standard InChI is InChI=1S/C22H17F3N8O.C2H6/c1-2-14(30-20-18-19(27-9-26-18)28-10-29-20)21-31-15-8-4-5-11(23)16(15)22(34)33(21)32-17-12(24)6-3-7-13(17)25;1-2/h3-10,14,32H,2H2,1H3,(H2,26,27,28,29,30);1-2H3. The second-order valence-corrected chi connectivity index (χ2v) is 7.38. The Morgan fingerprint density at radius 2 is 1.69 bits per heavy atom. The van der Waals surface area contributed by atoms with E-state index in [9.17, 15) is 18.0 Å². The van der Waals surface area contributed by atoms with Crippen molar-refractivity contribution in [3.05, 3.63) is 82.7 Å². The molecule has 0 fully saturated rings. The van der Waals surface area contributed by atoms with E-state index in [2.05, 4.69) is 35.7 Å². The number of hydrogen-bond donors (Lipinski definition) is 3. The molecule has 1 unspecified atom stereocenters. The normalized spacial score (nSPS) is 11.7. The van der Waals surface area contributed by atoms with E-state index >= 15 is 0 Å². The summed E-state index contributed by atoms with van der Waals surface area (Å²) >= 11 is 0. The van der Waals surface area contributed by atoms with Crippen molar-refractivity contribution >= 4 is 33.6 Å². The van der Waals surface area contributed by atoms with Crippen LogP contribution in [-0.4, -0.2) is 29.6 Å². The van der Waals surface area contributed by atoms with Crippen LogP contribution in [0.4, 0.5) is 24.7 Å². The van der Waals surface area contributed by atoms with Crippen LogP contribution in [-0.2, 0) is 0 Å². The molecule has 0 saturated carbocycles. The number of nitrogens with one attached hydrogen (secondary N) is 3. The highest BCUT2D eigenvalue weighted by Gasteiger charge is 2.23. The van der Waals surface area contributed by atoms with Crippen molar-refractivity contribution < 1.29 is 13.2 Å². The van der Waals surface area contributed by atoms with Gasteiger partial charge in [0.2, 0.25) is 0 Å². The lowest BCUT2D eigenvalue weighted by Crippen LogP contribution is -2.34. The molecule has 3 heterocycles. The minimum absolute atomic E-state index is 0.0690. The SMILES string of the molecule is CC.CCC(Nc1ncnc2nc[nH]c12)c1nc2cccc(F)c2c(=O)n1Nc1c(F)cccc1F. The van der Waals surface area contributed by atoms with E-state index in [-0.39, 0.29) is 16.7 Å². The first-order valence-corrected chi connectivity index (χ1v) is 11.3. The fourth-order valence-electron chi connectivity index (χ4n) is 3.65. The van der Waals surface area contributed by atoms with E-state index in [1.807, 2.05) is 20.8 Å². The number of para-hydroxylation sites is 1. The van der Waals surface area contributed by atoms with Gasteiger partial charge in [0.1, 0.15) is 28.7 Å². The molecule has 1 atom stereocenters. The average Bonchev–Trinajstić information content (AvgIpc) is 3.37. The van der Waals surface area contributed by atoms with Gasteiger partial charge in [-0.1, -0.05) is 32.9 Å². The lowest BCUT2D eigenvalue weighted by molar-refractivity contribution is 0.576. The zero-order chi connectivity index (χ0) is 25.8. The third-order valence-corrected chi connectivity index (χ3v) is 5.31. The van der Waals surface area contributed by atoms with Crippen LogP contribution in [0.5, 0.6) is 0 Å². The zero-order valence-electron chi connectivity index (χ0n) is 19.7. The molecular formula is C24H23F3N8O. The van der Waals surface area contributed by atoms with Crippen LogP contribution >= 0.6 is 0 Å². The molecule has 0 spiro atoms. The number of halogens is 3. The highest BCUT2D eigenvalue weighted by Crippen LogP contribution is 2.26. The topological polar surface area (TPSA) is 113 Å². The average molecular weight is 496 g/mol. The number of fused-ring (bicyclic) bond motifs is 2. The molecule has 0 aliphatic rings. The second-order valence-electron chi connectivity index (χ2n) is 7.38. The van der Waals surface area contributed by atoms with Gasteiger partial charge < -0.3 is 10.3 Å². The molecule has 12 heteroatoms. The van der Waals surface area contributed by atoms with Gasteiger partial charge in [0.25, 0.3) is 5.56 Å². The fourth-order valence-corrected chi connectivity index (χ4v) is 3.65. The Morgan fingerprint density at radius 3 is 2.42 bits per heavy atom. The van der Waals surface area contributed by atoms with E-state index in [4.69, 9.17) is 0 Å². The van der Waals surface area contributed by atoms with E-state index in [0.29, 0.717) is 23.4 Å². The third-order valence-electron chi connectivity index (χ3n) is 5.31. The summed E-state index contributed by atoms with van der Waals surface area (Å²) in [6, 6.07) is 6.62. The Kier molecular flexibility index (Phi) is 7.13. The van der Waals surface area contributed by atoms with Gasteiger partial charge in [-0.25, -0.2) is 37.8 Å². The van der Waals surface area contributed by atoms with Gasteiger partial charge in [-0.05, 0) is 30.7 Å². The Labute approximate surface area is 203 Å². The minimum Gasteiger partial charge on any atom is -0.358 e. The summed E-state index contributed by atoms with van der Waals surface area (Å²) in [7, 11) is 0. The molecule has 0 bridgehead atoms. The molecule has 0 amide bonds. The van der Waals surface area contributed by atoms with Crippen molar-refractivity contribution in [2.24, 2.45) is 0 Å². The molecule has 0 aliphatic heterocycles. The lowest BCUT2D eigenvalue weighted by Gasteiger charge is -2.23. The maximum absolute atomic E-state index is 14.6. The maximum atomic E-state index is 14.6. The van der Waals surface area contributed by atoms with Crippen LogP contribution in [0, 0.1) is 17.5 Å². The summed E-state index contributed by atoms with van der Waals surface area (Å²) in [6.45, 7) is 5.82. The van der Waals surface area contributed by atoms with Crippen LogP contribution in [0.25, 0.3) is 22.1 Å². The molecule has 0 radical (unpaired) electrons. The van der Waals surface area contributed by atoms with Gasteiger partial charge in [-0.15, -0.1) is 0 Å².